The van der Waals surface area contributed by atoms with Gasteiger partial charge in [-0.2, -0.15) is 0 Å². The number of nitrogens with one attached hydrogen (secondary N) is 1. The van der Waals surface area contributed by atoms with Crippen LogP contribution in [0.2, 0.25) is 5.02 Å². The zero-order valence-corrected chi connectivity index (χ0v) is 22.3. The van der Waals surface area contributed by atoms with Crippen molar-refractivity contribution in [3.05, 3.63) is 81.9 Å². The zero-order chi connectivity index (χ0) is 26.9. The molecule has 1 amide bonds. The van der Waals surface area contributed by atoms with E-state index in [0.717, 1.165) is 22.6 Å². The third kappa shape index (κ3) is 5.52. The number of anilines is 2. The van der Waals surface area contributed by atoms with E-state index in [1.165, 1.54) is 0 Å². The van der Waals surface area contributed by atoms with Crippen LogP contribution in [0.3, 0.4) is 0 Å². The number of para-hydroxylation sites is 2. The Bertz CT molecular complexity index is 1330. The number of rotatable bonds is 7. The molecule has 0 aromatic heterocycles. The van der Waals surface area contributed by atoms with Crippen molar-refractivity contribution < 1.29 is 24.2 Å². The summed E-state index contributed by atoms with van der Waals surface area (Å²) in [5.74, 6) is 0.185. The number of carboxylic acids is 1. The minimum absolute atomic E-state index is 0.132. The molecular formula is C29H31ClN2O5. The van der Waals surface area contributed by atoms with Crippen molar-refractivity contribution in [1.82, 2.24) is 0 Å². The maximum Gasteiger partial charge on any atom is 0.313 e. The van der Waals surface area contributed by atoms with E-state index in [4.69, 9.17) is 21.1 Å². The predicted molar refractivity (Wildman–Crippen MR) is 146 cm³/mol. The van der Waals surface area contributed by atoms with Gasteiger partial charge in [0.1, 0.15) is 24.2 Å². The van der Waals surface area contributed by atoms with Crippen molar-refractivity contribution in [2.45, 2.75) is 39.2 Å². The van der Waals surface area contributed by atoms with E-state index in [1.807, 2.05) is 57.3 Å². The van der Waals surface area contributed by atoms with Gasteiger partial charge in [-0.3, -0.25) is 9.59 Å². The number of carbonyl (C=O) groups is 2. The Labute approximate surface area is 222 Å². The minimum atomic E-state index is -1.13. The van der Waals surface area contributed by atoms with Gasteiger partial charge in [-0.15, -0.1) is 0 Å². The number of aryl methyl sites for hydroxylation is 2. The van der Waals surface area contributed by atoms with Crippen molar-refractivity contribution in [2.24, 2.45) is 0 Å². The Morgan fingerprint density at radius 1 is 1.14 bits per heavy atom. The van der Waals surface area contributed by atoms with Crippen molar-refractivity contribution >= 4 is 34.9 Å². The van der Waals surface area contributed by atoms with Crippen LogP contribution in [0, 0.1) is 13.8 Å². The van der Waals surface area contributed by atoms with Crippen molar-refractivity contribution in [3.63, 3.8) is 0 Å². The number of carbonyl (C=O) groups excluding carboxylic acids is 1. The Balaban J connectivity index is 1.47. The van der Waals surface area contributed by atoms with Gasteiger partial charge in [0.2, 0.25) is 0 Å². The maximum absolute atomic E-state index is 13.2. The fourth-order valence-corrected chi connectivity index (χ4v) is 4.62. The average Bonchev–Trinajstić information content (AvgIpc) is 2.83. The van der Waals surface area contributed by atoms with E-state index in [2.05, 4.69) is 10.2 Å². The molecule has 0 spiro atoms. The number of carboxylic acid groups (broad SMARTS) is 1. The lowest BCUT2D eigenvalue weighted by Crippen LogP contribution is -2.41. The van der Waals surface area contributed by atoms with Gasteiger partial charge in [0.25, 0.3) is 5.91 Å². The van der Waals surface area contributed by atoms with Gasteiger partial charge in [-0.05, 0) is 80.8 Å². The monoisotopic (exact) mass is 522 g/mol. The molecule has 8 heteroatoms. The summed E-state index contributed by atoms with van der Waals surface area (Å²) < 4.78 is 12.2. The van der Waals surface area contributed by atoms with Crippen LogP contribution in [0.1, 0.15) is 40.9 Å². The van der Waals surface area contributed by atoms with Crippen molar-refractivity contribution in [1.29, 1.82) is 0 Å². The summed E-state index contributed by atoms with van der Waals surface area (Å²) in [6.45, 7) is 7.97. The SMILES string of the molecule is Cc1cc(OC[C@@H]2CN(C)c3ccccc3O2)cc(C)c1C(=O)Nc1cc(C(C)(C)C(=O)O)ccc1Cl. The van der Waals surface area contributed by atoms with E-state index in [0.29, 0.717) is 40.7 Å². The molecule has 3 aromatic carbocycles. The lowest BCUT2D eigenvalue weighted by molar-refractivity contribution is -0.142. The van der Waals surface area contributed by atoms with Crippen LogP contribution in [-0.4, -0.2) is 43.3 Å². The number of amides is 1. The van der Waals surface area contributed by atoms with Gasteiger partial charge in [-0.1, -0.05) is 29.8 Å². The number of ether oxygens (including phenoxy) is 2. The number of nitrogens with zero attached hydrogens (tertiary/aromatic N) is 1. The largest absolute Gasteiger partial charge is 0.490 e. The molecule has 0 unspecified atom stereocenters. The molecule has 0 fully saturated rings. The number of likely N-dealkylation sites (N-methyl/N-ethyl adjacent to an activating group) is 1. The summed E-state index contributed by atoms with van der Waals surface area (Å²) in [5.41, 5.74) is 2.82. The molecule has 0 radical (unpaired) electrons. The summed E-state index contributed by atoms with van der Waals surface area (Å²) >= 11 is 6.32. The molecule has 0 saturated heterocycles. The number of hydrogen-bond donors (Lipinski definition) is 2. The molecule has 0 bridgehead atoms. The summed E-state index contributed by atoms with van der Waals surface area (Å²) in [6, 6.07) is 16.4. The van der Waals surface area contributed by atoms with Gasteiger partial charge < -0.3 is 24.8 Å². The standard InChI is InChI=1S/C29H31ClN2O5/c1-17-12-20(36-16-21-15-32(5)24-8-6-7-9-25(24)37-21)13-18(2)26(17)27(33)31-23-14-19(10-11-22(23)30)29(3,4)28(34)35/h6-14,21H,15-16H2,1-5H3,(H,31,33)(H,34,35)/t21-/m0/s1. The first-order valence-electron chi connectivity index (χ1n) is 12.0. The van der Waals surface area contributed by atoms with Crippen molar-refractivity contribution in [3.8, 4) is 11.5 Å². The fourth-order valence-electron chi connectivity index (χ4n) is 4.45. The molecular weight excluding hydrogens is 492 g/mol. The summed E-state index contributed by atoms with van der Waals surface area (Å²) in [7, 11) is 2.03. The minimum Gasteiger partial charge on any atom is -0.490 e. The van der Waals surface area contributed by atoms with Gasteiger partial charge in [0.15, 0.2) is 0 Å². The van der Waals surface area contributed by atoms with Crippen LogP contribution >= 0.6 is 11.6 Å². The molecule has 2 N–H and O–H groups in total. The highest BCUT2D eigenvalue weighted by Crippen LogP contribution is 2.33. The smallest absolute Gasteiger partial charge is 0.313 e. The van der Waals surface area contributed by atoms with Crippen LogP contribution in [0.5, 0.6) is 11.5 Å². The Hall–Kier alpha value is -3.71. The van der Waals surface area contributed by atoms with E-state index in [1.54, 1.807) is 32.0 Å². The highest BCUT2D eigenvalue weighted by Gasteiger charge is 2.30. The molecule has 1 atom stereocenters. The quantitative estimate of drug-likeness (QED) is 0.405. The Kier molecular flexibility index (Phi) is 7.37. The second-order valence-corrected chi connectivity index (χ2v) is 10.3. The summed E-state index contributed by atoms with van der Waals surface area (Å²) in [5, 5.41) is 12.7. The lowest BCUT2D eigenvalue weighted by atomic mass is 9.84. The number of halogens is 1. The molecule has 1 aliphatic heterocycles. The second-order valence-electron chi connectivity index (χ2n) is 9.91. The molecule has 0 saturated carbocycles. The molecule has 1 heterocycles. The molecule has 3 aromatic rings. The van der Waals surface area contributed by atoms with Gasteiger partial charge in [0, 0.05) is 12.6 Å². The molecule has 7 nitrogen and oxygen atoms in total. The van der Waals surface area contributed by atoms with E-state index < -0.39 is 11.4 Å². The maximum atomic E-state index is 13.2. The third-order valence-corrected chi connectivity index (χ3v) is 7.02. The first-order chi connectivity index (χ1) is 17.5. The van der Waals surface area contributed by atoms with Crippen LogP contribution in [0.25, 0.3) is 0 Å². The van der Waals surface area contributed by atoms with Gasteiger partial charge >= 0.3 is 5.97 Å². The van der Waals surface area contributed by atoms with E-state index in [-0.39, 0.29) is 12.0 Å². The average molecular weight is 523 g/mol. The van der Waals surface area contributed by atoms with Crippen LogP contribution in [0.15, 0.2) is 54.6 Å². The lowest BCUT2D eigenvalue weighted by Gasteiger charge is -2.33. The molecule has 37 heavy (non-hydrogen) atoms. The normalized spacial score (nSPS) is 15.0. The van der Waals surface area contributed by atoms with E-state index in [9.17, 15) is 14.7 Å². The van der Waals surface area contributed by atoms with Gasteiger partial charge in [0.05, 0.1) is 28.4 Å². The van der Waals surface area contributed by atoms with Crippen LogP contribution in [0.4, 0.5) is 11.4 Å². The Morgan fingerprint density at radius 3 is 2.49 bits per heavy atom. The molecule has 1 aliphatic rings. The summed E-state index contributed by atoms with van der Waals surface area (Å²) in [6.07, 6.45) is -0.132. The topological polar surface area (TPSA) is 88.1 Å². The zero-order valence-electron chi connectivity index (χ0n) is 21.6. The first kappa shape index (κ1) is 26.4. The highest BCUT2D eigenvalue weighted by atomic mass is 35.5. The second kappa shape index (κ2) is 10.3. The van der Waals surface area contributed by atoms with E-state index >= 15 is 0 Å². The van der Waals surface area contributed by atoms with Crippen LogP contribution in [-0.2, 0) is 10.2 Å². The fraction of sp³-hybridized carbons (Fsp3) is 0.310. The number of aliphatic carboxylic acids is 1. The predicted octanol–water partition coefficient (Wildman–Crippen LogP) is 5.85. The van der Waals surface area contributed by atoms with Crippen LogP contribution < -0.4 is 19.7 Å². The first-order valence-corrected chi connectivity index (χ1v) is 12.4. The third-order valence-electron chi connectivity index (χ3n) is 6.69. The Morgan fingerprint density at radius 2 is 1.81 bits per heavy atom. The summed E-state index contributed by atoms with van der Waals surface area (Å²) in [4.78, 5) is 27.0. The van der Waals surface area contributed by atoms with Crippen molar-refractivity contribution in [2.75, 3.05) is 30.4 Å². The molecule has 0 aliphatic carbocycles. The molecule has 4 rings (SSSR count). The number of fused-ring (bicyclic) bond motifs is 1. The molecule has 194 valence electrons. The number of hydrogen-bond acceptors (Lipinski definition) is 5. The van der Waals surface area contributed by atoms with Gasteiger partial charge in [-0.25, -0.2) is 0 Å². The number of benzene rings is 3. The highest BCUT2D eigenvalue weighted by molar-refractivity contribution is 6.34.